The van der Waals surface area contributed by atoms with Gasteiger partial charge in [-0.05, 0) is 6.92 Å². The van der Waals surface area contributed by atoms with Crippen LogP contribution >= 0.6 is 0 Å². The van der Waals surface area contributed by atoms with Gasteiger partial charge in [-0.25, -0.2) is 8.78 Å². The van der Waals surface area contributed by atoms with E-state index in [2.05, 4.69) is 0 Å². The molecule has 0 nitrogen and oxygen atoms in total. The van der Waals surface area contributed by atoms with Crippen molar-refractivity contribution in [2.24, 2.45) is 0 Å². The summed E-state index contributed by atoms with van der Waals surface area (Å²) in [5, 5.41) is 0. The first-order chi connectivity index (χ1) is 1.73. The summed E-state index contributed by atoms with van der Waals surface area (Å²) in [6.07, 6.45) is -2.17. The van der Waals surface area contributed by atoms with Crippen LogP contribution in [0.3, 0.4) is 0 Å². The SMILES string of the molecule is CC(F)F.[NaH]. The van der Waals surface area contributed by atoms with Gasteiger partial charge in [0.1, 0.15) is 0 Å². The standard InChI is InChI=1S/C2H4F2.Na.H/c1-2(3)4;;/h2H,1H3;;. The van der Waals surface area contributed by atoms with E-state index in [9.17, 15) is 8.78 Å². The fourth-order valence-corrected chi connectivity index (χ4v) is 0. The van der Waals surface area contributed by atoms with E-state index in [0.717, 1.165) is 6.92 Å². The minimum absolute atomic E-state index is 0. The van der Waals surface area contributed by atoms with Crippen LogP contribution in [0.4, 0.5) is 8.78 Å². The van der Waals surface area contributed by atoms with Crippen LogP contribution in [0.2, 0.25) is 0 Å². The van der Waals surface area contributed by atoms with Gasteiger partial charge in [0.25, 0.3) is 0 Å². The van der Waals surface area contributed by atoms with Crippen molar-refractivity contribution in [3.05, 3.63) is 0 Å². The van der Waals surface area contributed by atoms with Crippen molar-refractivity contribution in [2.45, 2.75) is 13.3 Å². The summed E-state index contributed by atoms with van der Waals surface area (Å²) < 4.78 is 20.7. The molecule has 5 heavy (non-hydrogen) atoms. The first-order valence-corrected chi connectivity index (χ1v) is 1.01. The second kappa shape index (κ2) is 4.86. The van der Waals surface area contributed by atoms with Crippen molar-refractivity contribution < 1.29 is 8.78 Å². The third-order valence-electron chi connectivity index (χ3n) is 0. The number of hydrogen-bond donors (Lipinski definition) is 0. The number of rotatable bonds is 0. The number of alkyl halides is 2. The fraction of sp³-hybridized carbons (Fsp3) is 1.00. The third-order valence-corrected chi connectivity index (χ3v) is 0. The molecule has 0 spiro atoms. The van der Waals surface area contributed by atoms with Crippen molar-refractivity contribution in [2.75, 3.05) is 0 Å². The van der Waals surface area contributed by atoms with Gasteiger partial charge in [0.05, 0.1) is 0 Å². The van der Waals surface area contributed by atoms with Gasteiger partial charge in [-0.2, -0.15) is 0 Å². The first-order valence-electron chi connectivity index (χ1n) is 1.01. The predicted octanol–water partition coefficient (Wildman–Crippen LogP) is 0.623. The quantitative estimate of drug-likeness (QED) is 0.382. The van der Waals surface area contributed by atoms with Gasteiger partial charge in [0, 0.05) is 0 Å². The molecule has 0 saturated heterocycles. The molecule has 3 heteroatoms. The van der Waals surface area contributed by atoms with Crippen molar-refractivity contribution in [3.63, 3.8) is 0 Å². The van der Waals surface area contributed by atoms with Gasteiger partial charge in [-0.3, -0.25) is 0 Å². The van der Waals surface area contributed by atoms with Crippen molar-refractivity contribution in [3.8, 4) is 0 Å². The minimum atomic E-state index is -2.17. The molecule has 0 aliphatic carbocycles. The van der Waals surface area contributed by atoms with E-state index < -0.39 is 6.43 Å². The molecule has 0 amide bonds. The number of hydrogen-bond acceptors (Lipinski definition) is 0. The molecule has 0 aromatic carbocycles. The summed E-state index contributed by atoms with van der Waals surface area (Å²) in [6.45, 7) is 0.833. The topological polar surface area (TPSA) is 0 Å². The summed E-state index contributed by atoms with van der Waals surface area (Å²) in [4.78, 5) is 0. The molecule has 0 saturated carbocycles. The molecular weight excluding hydrogens is 85.0 g/mol. The Balaban J connectivity index is 0. The average molecular weight is 90.0 g/mol. The Hall–Kier alpha value is 0.860. The summed E-state index contributed by atoms with van der Waals surface area (Å²) in [5.74, 6) is 0. The Labute approximate surface area is 51.8 Å². The molecule has 0 rings (SSSR count). The maximum absolute atomic E-state index is 10.3. The summed E-state index contributed by atoms with van der Waals surface area (Å²) in [7, 11) is 0. The summed E-state index contributed by atoms with van der Waals surface area (Å²) in [5.41, 5.74) is 0. The van der Waals surface area contributed by atoms with E-state index >= 15 is 0 Å². The van der Waals surface area contributed by atoms with E-state index in [0.29, 0.717) is 0 Å². The average Bonchev–Trinajstić information content (AvgIpc) is 0.811. The Kier molecular flexibility index (Phi) is 9.03. The predicted molar refractivity (Wildman–Crippen MR) is 18.8 cm³/mol. The molecule has 0 aliphatic heterocycles. The van der Waals surface area contributed by atoms with Crippen molar-refractivity contribution >= 4 is 29.6 Å². The van der Waals surface area contributed by atoms with Crippen LogP contribution in [-0.4, -0.2) is 36.0 Å². The molecule has 0 aromatic rings. The Bertz CT molecular complexity index is 12.4. The molecule has 0 aromatic heterocycles. The van der Waals surface area contributed by atoms with Crippen LogP contribution in [0.25, 0.3) is 0 Å². The zero-order valence-corrected chi connectivity index (χ0v) is 2.33. The molecule has 0 aliphatic rings. The molecular formula is C2H5F2Na. The zero-order chi connectivity index (χ0) is 3.58. The molecule has 0 heterocycles. The van der Waals surface area contributed by atoms with Crippen LogP contribution in [0.5, 0.6) is 0 Å². The van der Waals surface area contributed by atoms with E-state index in [1.54, 1.807) is 0 Å². The molecule has 0 fully saturated rings. The summed E-state index contributed by atoms with van der Waals surface area (Å²) in [6, 6.07) is 0. The first kappa shape index (κ1) is 9.29. The van der Waals surface area contributed by atoms with Gasteiger partial charge >= 0.3 is 29.6 Å². The van der Waals surface area contributed by atoms with Crippen LogP contribution in [-0.2, 0) is 0 Å². The number of halogens is 2. The zero-order valence-electron chi connectivity index (χ0n) is 2.33. The van der Waals surface area contributed by atoms with E-state index in [4.69, 9.17) is 0 Å². The van der Waals surface area contributed by atoms with Gasteiger partial charge in [-0.15, -0.1) is 0 Å². The molecule has 0 radical (unpaired) electrons. The van der Waals surface area contributed by atoms with Gasteiger partial charge < -0.3 is 0 Å². The van der Waals surface area contributed by atoms with Crippen molar-refractivity contribution in [1.29, 1.82) is 0 Å². The van der Waals surface area contributed by atoms with Crippen LogP contribution < -0.4 is 0 Å². The molecule has 0 N–H and O–H groups in total. The monoisotopic (exact) mass is 90.0 g/mol. The normalized spacial score (nSPS) is 7.20. The van der Waals surface area contributed by atoms with E-state index in [1.165, 1.54) is 0 Å². The summed E-state index contributed by atoms with van der Waals surface area (Å²) >= 11 is 0. The molecule has 0 bridgehead atoms. The van der Waals surface area contributed by atoms with Crippen LogP contribution in [0, 0.1) is 0 Å². The van der Waals surface area contributed by atoms with Crippen LogP contribution in [0.15, 0.2) is 0 Å². The van der Waals surface area contributed by atoms with Crippen molar-refractivity contribution in [1.82, 2.24) is 0 Å². The van der Waals surface area contributed by atoms with E-state index in [1.807, 2.05) is 0 Å². The third kappa shape index (κ3) is 53.7. The maximum atomic E-state index is 10.3. The Morgan fingerprint density at radius 1 is 1.40 bits per heavy atom. The van der Waals surface area contributed by atoms with Gasteiger partial charge in [0.2, 0.25) is 6.43 Å². The fourth-order valence-electron chi connectivity index (χ4n) is 0. The van der Waals surface area contributed by atoms with Gasteiger partial charge in [0.15, 0.2) is 0 Å². The second-order valence-electron chi connectivity index (χ2n) is 0.519. The molecule has 0 unspecified atom stereocenters. The second-order valence-corrected chi connectivity index (χ2v) is 0.519. The Morgan fingerprint density at radius 3 is 1.40 bits per heavy atom. The Morgan fingerprint density at radius 2 is 1.40 bits per heavy atom. The van der Waals surface area contributed by atoms with Gasteiger partial charge in [-0.1, -0.05) is 0 Å². The van der Waals surface area contributed by atoms with E-state index in [-0.39, 0.29) is 29.6 Å². The van der Waals surface area contributed by atoms with Crippen LogP contribution in [0.1, 0.15) is 6.92 Å². The molecule has 28 valence electrons. The molecule has 0 atom stereocenters.